The summed E-state index contributed by atoms with van der Waals surface area (Å²) in [5.74, 6) is -1.06. The number of carboxylic acids is 1. The van der Waals surface area contributed by atoms with E-state index in [0.717, 1.165) is 4.90 Å². The number of benzene rings is 2. The minimum absolute atomic E-state index is 0.228. The molecule has 2 aromatic carbocycles. The van der Waals surface area contributed by atoms with Crippen LogP contribution in [0.2, 0.25) is 5.02 Å². The van der Waals surface area contributed by atoms with Crippen molar-refractivity contribution in [1.82, 2.24) is 0 Å². The van der Waals surface area contributed by atoms with Crippen LogP contribution >= 0.6 is 23.4 Å². The van der Waals surface area contributed by atoms with E-state index in [1.54, 1.807) is 48.5 Å². The van der Waals surface area contributed by atoms with Crippen LogP contribution < -0.4 is 5.32 Å². The molecule has 23 heavy (non-hydrogen) atoms. The zero-order valence-corrected chi connectivity index (χ0v) is 14.0. The highest BCUT2D eigenvalue weighted by Crippen LogP contribution is 2.26. The summed E-state index contributed by atoms with van der Waals surface area (Å²) in [6.45, 7) is 1.83. The molecule has 0 aromatic heterocycles. The molecule has 2 N–H and O–H groups in total. The average molecular weight is 350 g/mol. The molecule has 0 spiro atoms. The van der Waals surface area contributed by atoms with E-state index in [1.165, 1.54) is 11.8 Å². The van der Waals surface area contributed by atoms with Crippen LogP contribution in [0.5, 0.6) is 0 Å². The lowest BCUT2D eigenvalue weighted by Crippen LogP contribution is -2.14. The van der Waals surface area contributed by atoms with Crippen LogP contribution in [-0.4, -0.2) is 22.2 Å². The Morgan fingerprint density at radius 1 is 1.13 bits per heavy atom. The van der Waals surface area contributed by atoms with E-state index < -0.39 is 11.2 Å². The van der Waals surface area contributed by atoms with Crippen LogP contribution in [0.15, 0.2) is 53.4 Å². The molecule has 1 unspecified atom stereocenters. The minimum Gasteiger partial charge on any atom is -0.480 e. The van der Waals surface area contributed by atoms with Crippen molar-refractivity contribution in [2.45, 2.75) is 23.5 Å². The second kappa shape index (κ2) is 8.04. The number of carbonyl (C=O) groups is 2. The van der Waals surface area contributed by atoms with Crippen molar-refractivity contribution in [1.29, 1.82) is 0 Å². The second-order valence-corrected chi connectivity index (χ2v) is 6.55. The zero-order valence-electron chi connectivity index (χ0n) is 12.5. The fourth-order valence-electron chi connectivity index (χ4n) is 1.89. The Morgan fingerprint density at radius 3 is 2.26 bits per heavy atom. The number of carbonyl (C=O) groups excluding carboxylic acids is 1. The molecule has 1 atom stereocenters. The quantitative estimate of drug-likeness (QED) is 0.751. The molecule has 6 heteroatoms. The lowest BCUT2D eigenvalue weighted by Gasteiger charge is -2.10. The molecule has 2 aromatic rings. The van der Waals surface area contributed by atoms with Crippen LogP contribution in [-0.2, 0) is 4.79 Å². The van der Waals surface area contributed by atoms with Gasteiger partial charge >= 0.3 is 5.97 Å². The van der Waals surface area contributed by atoms with E-state index in [2.05, 4.69) is 5.32 Å². The zero-order chi connectivity index (χ0) is 16.8. The number of thioether (sulfide) groups is 1. The van der Waals surface area contributed by atoms with Gasteiger partial charge in [-0.25, -0.2) is 0 Å². The third kappa shape index (κ3) is 5.01. The Bertz CT molecular complexity index is 686. The van der Waals surface area contributed by atoms with Gasteiger partial charge in [0, 0.05) is 21.2 Å². The molecule has 0 aliphatic rings. The van der Waals surface area contributed by atoms with E-state index in [1.807, 2.05) is 6.92 Å². The Balaban J connectivity index is 2.02. The molecule has 0 saturated heterocycles. The highest BCUT2D eigenvalue weighted by atomic mass is 35.5. The topological polar surface area (TPSA) is 66.4 Å². The Labute approximate surface area is 143 Å². The van der Waals surface area contributed by atoms with Crippen molar-refractivity contribution in [2.24, 2.45) is 0 Å². The van der Waals surface area contributed by atoms with Crippen LogP contribution in [0.25, 0.3) is 0 Å². The Hall–Kier alpha value is -1.98. The van der Waals surface area contributed by atoms with Crippen molar-refractivity contribution in [3.63, 3.8) is 0 Å². The highest BCUT2D eigenvalue weighted by Gasteiger charge is 2.16. The Kier molecular flexibility index (Phi) is 6.07. The SMILES string of the molecule is CCC(Sc1ccc(C(=O)Nc2ccc(Cl)cc2)cc1)C(=O)O. The predicted octanol–water partition coefficient (Wildman–Crippen LogP) is 4.55. The van der Waals surface area contributed by atoms with Gasteiger partial charge in [0.05, 0.1) is 0 Å². The summed E-state index contributed by atoms with van der Waals surface area (Å²) >= 11 is 7.08. The van der Waals surface area contributed by atoms with Crippen LogP contribution in [0.1, 0.15) is 23.7 Å². The van der Waals surface area contributed by atoms with Crippen molar-refractivity contribution in [2.75, 3.05) is 5.32 Å². The first-order chi connectivity index (χ1) is 11.0. The largest absolute Gasteiger partial charge is 0.480 e. The van der Waals surface area contributed by atoms with Gasteiger partial charge < -0.3 is 10.4 Å². The van der Waals surface area contributed by atoms with Crippen LogP contribution in [0.3, 0.4) is 0 Å². The van der Waals surface area contributed by atoms with Gasteiger partial charge in [-0.1, -0.05) is 18.5 Å². The fraction of sp³-hybridized carbons (Fsp3) is 0.176. The fourth-order valence-corrected chi connectivity index (χ4v) is 2.91. The molecule has 0 heterocycles. The first-order valence-corrected chi connectivity index (χ1v) is 8.32. The lowest BCUT2D eigenvalue weighted by molar-refractivity contribution is -0.136. The normalized spacial score (nSPS) is 11.7. The number of nitrogens with one attached hydrogen (secondary N) is 1. The minimum atomic E-state index is -0.831. The van der Waals surface area contributed by atoms with Gasteiger partial charge in [0.25, 0.3) is 5.91 Å². The van der Waals surface area contributed by atoms with Crippen molar-refractivity contribution >= 4 is 40.9 Å². The highest BCUT2D eigenvalue weighted by molar-refractivity contribution is 8.00. The first kappa shape index (κ1) is 17.4. The predicted molar refractivity (Wildman–Crippen MR) is 93.4 cm³/mol. The first-order valence-electron chi connectivity index (χ1n) is 7.06. The van der Waals surface area contributed by atoms with Gasteiger partial charge in [0.2, 0.25) is 0 Å². The molecule has 4 nitrogen and oxygen atoms in total. The molecule has 2 rings (SSSR count). The number of hydrogen-bond acceptors (Lipinski definition) is 3. The van der Waals surface area contributed by atoms with Crippen molar-refractivity contribution < 1.29 is 14.7 Å². The molecule has 120 valence electrons. The van der Waals surface area contributed by atoms with E-state index >= 15 is 0 Å². The molecule has 0 aliphatic heterocycles. The van der Waals surface area contributed by atoms with E-state index in [0.29, 0.717) is 22.7 Å². The summed E-state index contributed by atoms with van der Waals surface area (Å²) in [6, 6.07) is 13.7. The van der Waals surface area contributed by atoms with Gasteiger partial charge in [-0.05, 0) is 55.0 Å². The van der Waals surface area contributed by atoms with Crippen molar-refractivity contribution in [3.8, 4) is 0 Å². The summed E-state index contributed by atoms with van der Waals surface area (Å²) in [6.07, 6.45) is 0.540. The average Bonchev–Trinajstić information content (AvgIpc) is 2.55. The number of halogens is 1. The van der Waals surface area contributed by atoms with Crippen LogP contribution in [0, 0.1) is 0 Å². The third-order valence-corrected chi connectivity index (χ3v) is 4.76. The van der Waals surface area contributed by atoms with Crippen molar-refractivity contribution in [3.05, 3.63) is 59.1 Å². The maximum Gasteiger partial charge on any atom is 0.316 e. The molecule has 0 aliphatic carbocycles. The lowest BCUT2D eigenvalue weighted by atomic mass is 10.2. The maximum atomic E-state index is 12.2. The second-order valence-electron chi connectivity index (χ2n) is 4.84. The Morgan fingerprint density at radius 2 is 1.74 bits per heavy atom. The number of aliphatic carboxylic acids is 1. The molecular formula is C17H16ClNO3S. The van der Waals surface area contributed by atoms with Gasteiger partial charge in [0.1, 0.15) is 5.25 Å². The molecule has 0 bridgehead atoms. The molecule has 0 saturated carbocycles. The summed E-state index contributed by atoms with van der Waals surface area (Å²) in [5.41, 5.74) is 1.17. The molecule has 0 fully saturated rings. The third-order valence-electron chi connectivity index (χ3n) is 3.14. The van der Waals surface area contributed by atoms with E-state index in [4.69, 9.17) is 16.7 Å². The standard InChI is InChI=1S/C17H16ClNO3S/c1-2-15(17(21)22)23-14-9-3-11(4-10-14)16(20)19-13-7-5-12(18)6-8-13/h3-10,15H,2H2,1H3,(H,19,20)(H,21,22). The molecular weight excluding hydrogens is 334 g/mol. The van der Waals surface area contributed by atoms with Gasteiger partial charge in [-0.2, -0.15) is 0 Å². The van der Waals surface area contributed by atoms with Gasteiger partial charge in [-0.15, -0.1) is 11.8 Å². The smallest absolute Gasteiger partial charge is 0.316 e. The number of amides is 1. The molecule has 0 radical (unpaired) electrons. The monoisotopic (exact) mass is 349 g/mol. The van der Waals surface area contributed by atoms with Gasteiger partial charge in [-0.3, -0.25) is 9.59 Å². The summed E-state index contributed by atoms with van der Waals surface area (Å²) in [7, 11) is 0. The number of rotatable bonds is 6. The maximum absolute atomic E-state index is 12.2. The number of hydrogen-bond donors (Lipinski definition) is 2. The van der Waals surface area contributed by atoms with Gasteiger partial charge in [0.15, 0.2) is 0 Å². The summed E-state index contributed by atoms with van der Waals surface area (Å²) < 4.78 is 0. The number of carboxylic acid groups (broad SMARTS) is 1. The van der Waals surface area contributed by atoms with E-state index in [-0.39, 0.29) is 5.91 Å². The number of anilines is 1. The summed E-state index contributed by atoms with van der Waals surface area (Å²) in [4.78, 5) is 24.0. The molecule has 1 amide bonds. The van der Waals surface area contributed by atoms with Crippen LogP contribution in [0.4, 0.5) is 5.69 Å². The summed E-state index contributed by atoms with van der Waals surface area (Å²) in [5, 5.41) is 12.0. The van der Waals surface area contributed by atoms with E-state index in [9.17, 15) is 9.59 Å².